The molecule has 3 unspecified atom stereocenters. The maximum absolute atomic E-state index is 12.0. The zero-order valence-corrected chi connectivity index (χ0v) is 11.4. The first kappa shape index (κ1) is 15.9. The predicted octanol–water partition coefficient (Wildman–Crippen LogP) is 1.76. The van der Waals surface area contributed by atoms with Crippen LogP contribution in [-0.4, -0.2) is 30.4 Å². The molecule has 0 aromatic carbocycles. The lowest BCUT2D eigenvalue weighted by molar-refractivity contribution is -0.134. The molecule has 0 heterocycles. The van der Waals surface area contributed by atoms with Crippen LogP contribution in [0.25, 0.3) is 0 Å². The van der Waals surface area contributed by atoms with Gasteiger partial charge in [-0.15, -0.1) is 0 Å². The van der Waals surface area contributed by atoms with Gasteiger partial charge in [0.25, 0.3) is 0 Å². The number of hydrogen-bond donors (Lipinski definition) is 1. The summed E-state index contributed by atoms with van der Waals surface area (Å²) in [7, 11) is 1.76. The highest BCUT2D eigenvalue weighted by molar-refractivity contribution is 5.78. The number of carbonyl (C=O) groups excluding carboxylic acids is 1. The fourth-order valence-corrected chi connectivity index (χ4v) is 1.79. The Morgan fingerprint density at radius 2 is 1.94 bits per heavy atom. The summed E-state index contributed by atoms with van der Waals surface area (Å²) in [6.45, 7) is 6.25. The first-order valence-corrected chi connectivity index (χ1v) is 6.28. The molecule has 1 amide bonds. The first-order chi connectivity index (χ1) is 7.88. The molecule has 0 radical (unpaired) electrons. The van der Waals surface area contributed by atoms with Crippen LogP contribution in [0.15, 0.2) is 0 Å². The van der Waals surface area contributed by atoms with Gasteiger partial charge in [-0.2, -0.15) is 5.26 Å². The van der Waals surface area contributed by atoms with Crippen molar-refractivity contribution in [3.63, 3.8) is 0 Å². The fraction of sp³-hybridized carbons (Fsp3) is 0.846. The first-order valence-electron chi connectivity index (χ1n) is 6.28. The number of carbonyl (C=O) groups is 1. The number of amides is 1. The van der Waals surface area contributed by atoms with Crippen LogP contribution >= 0.6 is 0 Å². The van der Waals surface area contributed by atoms with Crippen molar-refractivity contribution in [3.05, 3.63) is 0 Å². The second-order valence-electron chi connectivity index (χ2n) is 5.06. The molecule has 0 aliphatic carbocycles. The van der Waals surface area contributed by atoms with E-state index in [1.807, 2.05) is 20.8 Å². The third-order valence-corrected chi connectivity index (χ3v) is 2.86. The van der Waals surface area contributed by atoms with Crippen LogP contribution in [0.2, 0.25) is 0 Å². The van der Waals surface area contributed by atoms with Gasteiger partial charge in [-0.25, -0.2) is 0 Å². The van der Waals surface area contributed by atoms with E-state index in [9.17, 15) is 4.79 Å². The van der Waals surface area contributed by atoms with Crippen molar-refractivity contribution >= 4 is 5.91 Å². The van der Waals surface area contributed by atoms with Crippen molar-refractivity contribution in [1.82, 2.24) is 4.90 Å². The van der Waals surface area contributed by atoms with Crippen molar-refractivity contribution in [2.75, 3.05) is 13.6 Å². The lowest BCUT2D eigenvalue weighted by Gasteiger charge is -2.22. The Kier molecular flexibility index (Phi) is 7.56. The molecule has 2 N–H and O–H groups in total. The van der Waals surface area contributed by atoms with E-state index in [4.69, 9.17) is 11.0 Å². The number of nitrogens with two attached hydrogens (primary N) is 1. The molecule has 4 heteroatoms. The van der Waals surface area contributed by atoms with Crippen molar-refractivity contribution in [3.8, 4) is 6.07 Å². The van der Waals surface area contributed by atoms with Gasteiger partial charge < -0.3 is 10.6 Å². The summed E-state index contributed by atoms with van der Waals surface area (Å²) in [5.74, 6) is 0.0293. The number of hydrogen-bond acceptors (Lipinski definition) is 3. The minimum absolute atomic E-state index is 0.0182. The third-order valence-electron chi connectivity index (χ3n) is 2.86. The minimum atomic E-state index is -0.111. The number of rotatable bonds is 7. The Labute approximate surface area is 105 Å². The minimum Gasteiger partial charge on any atom is -0.344 e. The molecule has 0 saturated heterocycles. The van der Waals surface area contributed by atoms with Gasteiger partial charge in [-0.3, -0.25) is 4.79 Å². The van der Waals surface area contributed by atoms with Gasteiger partial charge in [0.2, 0.25) is 5.91 Å². The lowest BCUT2D eigenvalue weighted by atomic mass is 10.0. The number of nitriles is 1. The fourth-order valence-electron chi connectivity index (χ4n) is 1.79. The van der Waals surface area contributed by atoms with E-state index in [2.05, 4.69) is 6.07 Å². The summed E-state index contributed by atoms with van der Waals surface area (Å²) in [5, 5.41) is 8.70. The standard InChI is InChI=1S/C13H25N3O/c1-10(8-14)9-16(4)13(17)11(2)6-5-7-12(3)15/h10-12H,5-7,9,15H2,1-4H3. The van der Waals surface area contributed by atoms with E-state index >= 15 is 0 Å². The molecule has 0 saturated carbocycles. The molecule has 0 spiro atoms. The highest BCUT2D eigenvalue weighted by Gasteiger charge is 2.18. The summed E-state index contributed by atoms with van der Waals surface area (Å²) in [4.78, 5) is 13.6. The van der Waals surface area contributed by atoms with E-state index in [-0.39, 0.29) is 23.8 Å². The molecule has 98 valence electrons. The SMILES string of the molecule is CC(N)CCCC(C)C(=O)N(C)CC(C)C#N. The van der Waals surface area contributed by atoms with E-state index in [1.165, 1.54) is 0 Å². The third kappa shape index (κ3) is 6.96. The smallest absolute Gasteiger partial charge is 0.225 e. The zero-order valence-electron chi connectivity index (χ0n) is 11.4. The monoisotopic (exact) mass is 239 g/mol. The van der Waals surface area contributed by atoms with Crippen molar-refractivity contribution in [2.24, 2.45) is 17.6 Å². The molecular formula is C13H25N3O. The molecule has 0 rings (SSSR count). The van der Waals surface area contributed by atoms with Crippen LogP contribution in [0.4, 0.5) is 0 Å². The molecule has 17 heavy (non-hydrogen) atoms. The zero-order chi connectivity index (χ0) is 13.4. The molecule has 0 aromatic heterocycles. The molecule has 0 aromatic rings. The molecular weight excluding hydrogens is 214 g/mol. The highest BCUT2D eigenvalue weighted by Crippen LogP contribution is 2.12. The summed E-state index contributed by atoms with van der Waals surface area (Å²) in [6, 6.07) is 2.34. The van der Waals surface area contributed by atoms with Crippen LogP contribution in [0.5, 0.6) is 0 Å². The average molecular weight is 239 g/mol. The van der Waals surface area contributed by atoms with Crippen molar-refractivity contribution in [1.29, 1.82) is 5.26 Å². The second-order valence-corrected chi connectivity index (χ2v) is 5.06. The summed E-state index contributed by atoms with van der Waals surface area (Å²) in [5.41, 5.74) is 5.67. The van der Waals surface area contributed by atoms with E-state index in [1.54, 1.807) is 11.9 Å². The van der Waals surface area contributed by atoms with E-state index in [0.29, 0.717) is 6.54 Å². The molecule has 0 aliphatic heterocycles. The average Bonchev–Trinajstić information content (AvgIpc) is 2.26. The Morgan fingerprint density at radius 1 is 1.35 bits per heavy atom. The molecule has 3 atom stereocenters. The number of nitrogens with zero attached hydrogens (tertiary/aromatic N) is 2. The van der Waals surface area contributed by atoms with Crippen LogP contribution in [0, 0.1) is 23.2 Å². The van der Waals surface area contributed by atoms with Crippen LogP contribution < -0.4 is 5.73 Å². The van der Waals surface area contributed by atoms with Gasteiger partial charge in [-0.1, -0.05) is 13.3 Å². The van der Waals surface area contributed by atoms with Gasteiger partial charge in [0.05, 0.1) is 12.0 Å². The van der Waals surface area contributed by atoms with Gasteiger partial charge in [0, 0.05) is 25.6 Å². The van der Waals surface area contributed by atoms with Gasteiger partial charge >= 0.3 is 0 Å². The van der Waals surface area contributed by atoms with Gasteiger partial charge in [-0.05, 0) is 26.7 Å². The normalized spacial score (nSPS) is 15.8. The Morgan fingerprint density at radius 3 is 2.41 bits per heavy atom. The Hall–Kier alpha value is -1.08. The largest absolute Gasteiger partial charge is 0.344 e. The molecule has 0 bridgehead atoms. The molecule has 0 aliphatic rings. The second kappa shape index (κ2) is 8.08. The molecule has 0 fully saturated rings. The Balaban J connectivity index is 3.99. The van der Waals surface area contributed by atoms with Crippen LogP contribution in [0.3, 0.4) is 0 Å². The lowest BCUT2D eigenvalue weighted by Crippen LogP contribution is -2.34. The highest BCUT2D eigenvalue weighted by atomic mass is 16.2. The van der Waals surface area contributed by atoms with Crippen LogP contribution in [0.1, 0.15) is 40.0 Å². The summed E-state index contributed by atoms with van der Waals surface area (Å²) >= 11 is 0. The van der Waals surface area contributed by atoms with E-state index < -0.39 is 0 Å². The summed E-state index contributed by atoms with van der Waals surface area (Å²) in [6.07, 6.45) is 2.80. The molecule has 4 nitrogen and oxygen atoms in total. The quantitative estimate of drug-likeness (QED) is 0.736. The van der Waals surface area contributed by atoms with Crippen LogP contribution in [-0.2, 0) is 4.79 Å². The predicted molar refractivity (Wildman–Crippen MR) is 69.1 cm³/mol. The topological polar surface area (TPSA) is 70.1 Å². The van der Waals surface area contributed by atoms with Crippen molar-refractivity contribution < 1.29 is 4.79 Å². The van der Waals surface area contributed by atoms with E-state index in [0.717, 1.165) is 19.3 Å². The Bertz CT molecular complexity index is 270. The van der Waals surface area contributed by atoms with Gasteiger partial charge in [0.1, 0.15) is 0 Å². The maximum Gasteiger partial charge on any atom is 0.225 e. The van der Waals surface area contributed by atoms with Crippen molar-refractivity contribution in [2.45, 2.75) is 46.1 Å². The van der Waals surface area contributed by atoms with Gasteiger partial charge in [0.15, 0.2) is 0 Å². The maximum atomic E-state index is 12.0. The summed E-state index contributed by atoms with van der Waals surface area (Å²) < 4.78 is 0.